The predicted molar refractivity (Wildman–Crippen MR) is 81.8 cm³/mol. The molecular formula is C14H23N3O3S. The van der Waals surface area contributed by atoms with Crippen LogP contribution in [0.4, 0.5) is 5.82 Å². The lowest BCUT2D eigenvalue weighted by molar-refractivity contribution is 0.262. The van der Waals surface area contributed by atoms with Gasteiger partial charge < -0.3 is 10.0 Å². The molecule has 1 N–H and O–H groups in total. The van der Waals surface area contributed by atoms with Crippen LogP contribution in [-0.4, -0.2) is 56.1 Å². The van der Waals surface area contributed by atoms with Crippen molar-refractivity contribution in [2.75, 3.05) is 32.1 Å². The van der Waals surface area contributed by atoms with E-state index in [-0.39, 0.29) is 17.5 Å². The Bertz CT molecular complexity index is 555. The van der Waals surface area contributed by atoms with Crippen LogP contribution < -0.4 is 4.90 Å². The molecule has 1 aliphatic rings. The van der Waals surface area contributed by atoms with Gasteiger partial charge in [-0.15, -0.1) is 0 Å². The highest BCUT2D eigenvalue weighted by Gasteiger charge is 2.24. The summed E-state index contributed by atoms with van der Waals surface area (Å²) in [4.78, 5) is 6.70. The molecule has 118 valence electrons. The van der Waals surface area contributed by atoms with E-state index in [2.05, 4.69) is 9.88 Å². The molecule has 1 unspecified atom stereocenters. The molecule has 21 heavy (non-hydrogen) atoms. The number of pyridine rings is 1. The molecule has 6 nitrogen and oxygen atoms in total. The molecule has 2 rings (SSSR count). The lowest BCUT2D eigenvalue weighted by atomic mass is 10.00. The molecule has 7 heteroatoms. The van der Waals surface area contributed by atoms with Crippen LogP contribution in [0.3, 0.4) is 0 Å². The highest BCUT2D eigenvalue weighted by Crippen LogP contribution is 2.25. The van der Waals surface area contributed by atoms with Crippen LogP contribution in [0.1, 0.15) is 25.7 Å². The minimum atomic E-state index is -3.44. The maximum Gasteiger partial charge on any atom is 0.244 e. The number of hydrogen-bond acceptors (Lipinski definition) is 5. The summed E-state index contributed by atoms with van der Waals surface area (Å²) in [6.45, 7) is 1.06. The van der Waals surface area contributed by atoms with Crippen LogP contribution in [0.25, 0.3) is 0 Å². The molecule has 0 spiro atoms. The molecule has 0 bridgehead atoms. The van der Waals surface area contributed by atoms with E-state index in [0.717, 1.165) is 38.0 Å². The van der Waals surface area contributed by atoms with Crippen molar-refractivity contribution in [2.24, 2.45) is 0 Å². The minimum Gasteiger partial charge on any atom is -0.396 e. The largest absolute Gasteiger partial charge is 0.396 e. The maximum atomic E-state index is 12.0. The van der Waals surface area contributed by atoms with E-state index in [1.807, 2.05) is 0 Å². The Hall–Kier alpha value is -1.18. The number of aliphatic hydroxyl groups excluding tert-OH is 1. The quantitative estimate of drug-likeness (QED) is 0.880. The molecule has 0 saturated carbocycles. The van der Waals surface area contributed by atoms with Crippen molar-refractivity contribution >= 4 is 15.8 Å². The van der Waals surface area contributed by atoms with Gasteiger partial charge >= 0.3 is 0 Å². The zero-order chi connectivity index (χ0) is 15.5. The molecule has 0 radical (unpaired) electrons. The Morgan fingerprint density at radius 1 is 1.38 bits per heavy atom. The van der Waals surface area contributed by atoms with Crippen molar-refractivity contribution in [1.29, 1.82) is 0 Å². The first kappa shape index (κ1) is 16.2. The molecule has 0 aliphatic carbocycles. The van der Waals surface area contributed by atoms with Gasteiger partial charge in [-0.05, 0) is 37.8 Å². The van der Waals surface area contributed by atoms with Gasteiger partial charge in [0.15, 0.2) is 0 Å². The fraction of sp³-hybridized carbons (Fsp3) is 0.643. The van der Waals surface area contributed by atoms with E-state index in [1.165, 1.54) is 24.6 Å². The first-order valence-electron chi connectivity index (χ1n) is 7.23. The summed E-state index contributed by atoms with van der Waals surface area (Å²) in [6.07, 6.45) is 5.43. The summed E-state index contributed by atoms with van der Waals surface area (Å²) in [5, 5.41) is 9.16. The number of hydrogen-bond donors (Lipinski definition) is 1. The third kappa shape index (κ3) is 3.53. The Balaban J connectivity index is 2.21. The monoisotopic (exact) mass is 313 g/mol. The number of aliphatic hydroxyl groups is 1. The summed E-state index contributed by atoms with van der Waals surface area (Å²) in [6, 6.07) is 3.64. The molecular weight excluding hydrogens is 290 g/mol. The normalized spacial score (nSPS) is 20.0. The Labute approximate surface area is 126 Å². The highest BCUT2D eigenvalue weighted by molar-refractivity contribution is 7.89. The molecule has 1 aliphatic heterocycles. The van der Waals surface area contributed by atoms with E-state index in [1.54, 1.807) is 12.1 Å². The molecule has 0 aromatic carbocycles. The number of nitrogens with zero attached hydrogens (tertiary/aromatic N) is 3. The fourth-order valence-electron chi connectivity index (χ4n) is 2.66. The average Bonchev–Trinajstić information content (AvgIpc) is 2.48. The number of rotatable bonds is 5. The van der Waals surface area contributed by atoms with Crippen molar-refractivity contribution in [2.45, 2.75) is 36.6 Å². The van der Waals surface area contributed by atoms with Gasteiger partial charge in [-0.25, -0.2) is 17.7 Å². The second-order valence-corrected chi connectivity index (χ2v) is 7.65. The molecule has 1 saturated heterocycles. The topological polar surface area (TPSA) is 73.7 Å². The Morgan fingerprint density at radius 2 is 2.14 bits per heavy atom. The summed E-state index contributed by atoms with van der Waals surface area (Å²) in [5.74, 6) is 0.783. The van der Waals surface area contributed by atoms with Crippen LogP contribution in [0, 0.1) is 0 Å². The standard InChI is InChI=1S/C14H23N3O3S/c1-16(2)21(19,20)13-6-7-14(15-11-13)17-9-4-3-5-12(17)8-10-18/h6-7,11-12,18H,3-5,8-10H2,1-2H3. The number of piperidine rings is 1. The van der Waals surface area contributed by atoms with Crippen LogP contribution >= 0.6 is 0 Å². The van der Waals surface area contributed by atoms with Crippen LogP contribution in [0.5, 0.6) is 0 Å². The van der Waals surface area contributed by atoms with Gasteiger partial charge in [0, 0.05) is 39.5 Å². The van der Waals surface area contributed by atoms with Gasteiger partial charge in [-0.2, -0.15) is 0 Å². The summed E-state index contributed by atoms with van der Waals surface area (Å²) in [5.41, 5.74) is 0. The molecule has 1 atom stereocenters. The van der Waals surface area contributed by atoms with Gasteiger partial charge in [-0.1, -0.05) is 0 Å². The van der Waals surface area contributed by atoms with Gasteiger partial charge in [0.1, 0.15) is 10.7 Å². The highest BCUT2D eigenvalue weighted by atomic mass is 32.2. The molecule has 2 heterocycles. The van der Waals surface area contributed by atoms with E-state index in [4.69, 9.17) is 5.11 Å². The van der Waals surface area contributed by atoms with Gasteiger partial charge in [-0.3, -0.25) is 0 Å². The zero-order valence-electron chi connectivity index (χ0n) is 12.6. The molecule has 1 fully saturated rings. The third-order valence-corrected chi connectivity index (χ3v) is 5.68. The van der Waals surface area contributed by atoms with Crippen LogP contribution in [0.15, 0.2) is 23.2 Å². The van der Waals surface area contributed by atoms with Gasteiger partial charge in [0.05, 0.1) is 0 Å². The van der Waals surface area contributed by atoms with E-state index in [0.29, 0.717) is 0 Å². The van der Waals surface area contributed by atoms with Crippen molar-refractivity contribution in [3.05, 3.63) is 18.3 Å². The van der Waals surface area contributed by atoms with E-state index < -0.39 is 10.0 Å². The second kappa shape index (κ2) is 6.72. The van der Waals surface area contributed by atoms with Crippen LogP contribution in [0.2, 0.25) is 0 Å². The smallest absolute Gasteiger partial charge is 0.244 e. The van der Waals surface area contributed by atoms with E-state index in [9.17, 15) is 8.42 Å². The molecule has 0 amide bonds. The third-order valence-electron chi connectivity index (χ3n) is 3.88. The maximum absolute atomic E-state index is 12.0. The average molecular weight is 313 g/mol. The summed E-state index contributed by atoms with van der Waals surface area (Å²) in [7, 11) is -0.426. The summed E-state index contributed by atoms with van der Waals surface area (Å²) >= 11 is 0. The van der Waals surface area contributed by atoms with Crippen molar-refractivity contribution in [1.82, 2.24) is 9.29 Å². The SMILES string of the molecule is CN(C)S(=O)(=O)c1ccc(N2CCCCC2CCO)nc1. The predicted octanol–water partition coefficient (Wildman–Crippen LogP) is 1.07. The summed E-state index contributed by atoms with van der Waals surface area (Å²) < 4.78 is 25.2. The molecule has 1 aromatic heterocycles. The number of sulfonamides is 1. The first-order chi connectivity index (χ1) is 9.96. The number of anilines is 1. The first-order valence-corrected chi connectivity index (χ1v) is 8.67. The lowest BCUT2D eigenvalue weighted by Crippen LogP contribution is -2.40. The Morgan fingerprint density at radius 3 is 2.71 bits per heavy atom. The Kier molecular flexibility index (Phi) is 5.18. The van der Waals surface area contributed by atoms with Gasteiger partial charge in [0.2, 0.25) is 10.0 Å². The lowest BCUT2D eigenvalue weighted by Gasteiger charge is -2.36. The fourth-order valence-corrected chi connectivity index (χ4v) is 3.50. The van der Waals surface area contributed by atoms with Crippen LogP contribution in [-0.2, 0) is 10.0 Å². The zero-order valence-corrected chi connectivity index (χ0v) is 13.4. The van der Waals surface area contributed by atoms with Crippen molar-refractivity contribution in [3.8, 4) is 0 Å². The van der Waals surface area contributed by atoms with Crippen molar-refractivity contribution in [3.63, 3.8) is 0 Å². The van der Waals surface area contributed by atoms with Crippen molar-refractivity contribution < 1.29 is 13.5 Å². The minimum absolute atomic E-state index is 0.161. The number of aromatic nitrogens is 1. The van der Waals surface area contributed by atoms with Gasteiger partial charge in [0.25, 0.3) is 0 Å². The van der Waals surface area contributed by atoms with E-state index >= 15 is 0 Å². The second-order valence-electron chi connectivity index (χ2n) is 5.49. The molecule has 1 aromatic rings.